The fraction of sp³-hybridized carbons (Fsp3) is 0.250. The van der Waals surface area contributed by atoms with E-state index < -0.39 is 0 Å². The van der Waals surface area contributed by atoms with Crippen molar-refractivity contribution in [1.29, 1.82) is 0 Å². The molecule has 3 rings (SSSR count). The van der Waals surface area contributed by atoms with E-state index in [9.17, 15) is 0 Å². The summed E-state index contributed by atoms with van der Waals surface area (Å²) in [7, 11) is 0. The Morgan fingerprint density at radius 1 is 1.10 bits per heavy atom. The largest absolute Gasteiger partial charge is 0.493 e. The fourth-order valence-electron chi connectivity index (χ4n) is 2.40. The maximum absolute atomic E-state index is 5.57. The van der Waals surface area contributed by atoms with Crippen molar-refractivity contribution in [2.75, 3.05) is 6.61 Å². The van der Waals surface area contributed by atoms with Crippen LogP contribution in [-0.4, -0.2) is 6.61 Å². The quantitative estimate of drug-likeness (QED) is 0.504. The smallest absolute Gasteiger partial charge is 0.122 e. The highest BCUT2D eigenvalue weighted by molar-refractivity contribution is 9.11. The molecule has 0 aliphatic carbocycles. The molecule has 0 radical (unpaired) electrons. The van der Waals surface area contributed by atoms with Gasteiger partial charge in [0.25, 0.3) is 0 Å². The standard InChI is InChI=1S/C16H13Br3O/c1-9-6-14(18)12(8-13(9)17)16(19)11-2-3-15-10(7-11)4-5-20-15/h2-3,6-8,16H,4-5H2,1H3. The number of halogens is 3. The van der Waals surface area contributed by atoms with Crippen molar-refractivity contribution < 1.29 is 4.74 Å². The average molecular weight is 461 g/mol. The third-order valence-corrected chi connectivity index (χ3v) is 6.12. The Kier molecular flexibility index (Phi) is 4.25. The van der Waals surface area contributed by atoms with E-state index in [-0.39, 0.29) is 4.83 Å². The van der Waals surface area contributed by atoms with Crippen molar-refractivity contribution in [3.05, 3.63) is 61.5 Å². The van der Waals surface area contributed by atoms with Crippen LogP contribution >= 0.6 is 47.8 Å². The molecular formula is C16H13Br3O. The molecule has 0 N–H and O–H groups in total. The molecule has 4 heteroatoms. The summed E-state index contributed by atoms with van der Waals surface area (Å²) in [4.78, 5) is 0.166. The molecular weight excluding hydrogens is 448 g/mol. The van der Waals surface area contributed by atoms with Crippen molar-refractivity contribution in [2.45, 2.75) is 18.2 Å². The predicted molar refractivity (Wildman–Crippen MR) is 93.0 cm³/mol. The van der Waals surface area contributed by atoms with Gasteiger partial charge in [0.05, 0.1) is 11.4 Å². The Balaban J connectivity index is 2.00. The number of rotatable bonds is 2. The van der Waals surface area contributed by atoms with E-state index >= 15 is 0 Å². The van der Waals surface area contributed by atoms with Crippen molar-refractivity contribution in [3.63, 3.8) is 0 Å². The molecule has 20 heavy (non-hydrogen) atoms. The number of fused-ring (bicyclic) bond motifs is 1. The highest BCUT2D eigenvalue weighted by atomic mass is 79.9. The molecule has 2 aromatic carbocycles. The molecule has 104 valence electrons. The Morgan fingerprint density at radius 3 is 2.70 bits per heavy atom. The number of aryl methyl sites for hydroxylation is 1. The van der Waals surface area contributed by atoms with E-state index in [0.717, 1.165) is 27.7 Å². The number of alkyl halides is 1. The SMILES string of the molecule is Cc1cc(Br)c(C(Br)c2ccc3c(c2)CCO3)cc1Br. The average Bonchev–Trinajstić information content (AvgIpc) is 2.89. The highest BCUT2D eigenvalue weighted by Gasteiger charge is 2.18. The van der Waals surface area contributed by atoms with Crippen LogP contribution in [0.15, 0.2) is 39.3 Å². The second-order valence-electron chi connectivity index (χ2n) is 4.95. The summed E-state index contributed by atoms with van der Waals surface area (Å²) in [5, 5.41) is 0. The lowest BCUT2D eigenvalue weighted by atomic mass is 10.0. The van der Waals surface area contributed by atoms with E-state index in [0.29, 0.717) is 0 Å². The van der Waals surface area contributed by atoms with Crippen molar-refractivity contribution in [1.82, 2.24) is 0 Å². The van der Waals surface area contributed by atoms with Crippen LogP contribution in [0.5, 0.6) is 5.75 Å². The van der Waals surface area contributed by atoms with Gasteiger partial charge in [-0.15, -0.1) is 0 Å². The second-order valence-corrected chi connectivity index (χ2v) is 7.58. The van der Waals surface area contributed by atoms with Crippen LogP contribution in [0.4, 0.5) is 0 Å². The maximum Gasteiger partial charge on any atom is 0.122 e. The van der Waals surface area contributed by atoms with E-state index in [4.69, 9.17) is 4.74 Å². The van der Waals surface area contributed by atoms with E-state index in [1.54, 1.807) is 0 Å². The summed E-state index contributed by atoms with van der Waals surface area (Å²) in [5.74, 6) is 1.03. The molecule has 1 heterocycles. The number of benzene rings is 2. The molecule has 1 aliphatic rings. The van der Waals surface area contributed by atoms with E-state index in [2.05, 4.69) is 85.0 Å². The predicted octanol–water partition coefficient (Wildman–Crippen LogP) is 5.94. The molecule has 1 unspecified atom stereocenters. The first-order valence-corrected chi connectivity index (χ1v) is 8.91. The van der Waals surface area contributed by atoms with Gasteiger partial charge in [0, 0.05) is 15.4 Å². The zero-order valence-electron chi connectivity index (χ0n) is 10.9. The summed E-state index contributed by atoms with van der Waals surface area (Å²) < 4.78 is 7.82. The van der Waals surface area contributed by atoms with E-state index in [1.807, 2.05) is 0 Å². The maximum atomic E-state index is 5.57. The van der Waals surface area contributed by atoms with Crippen molar-refractivity contribution in [2.24, 2.45) is 0 Å². The van der Waals surface area contributed by atoms with Crippen LogP contribution in [0.3, 0.4) is 0 Å². The fourth-order valence-corrected chi connectivity index (χ4v) is 4.42. The van der Waals surface area contributed by atoms with Gasteiger partial charge in [-0.1, -0.05) is 59.9 Å². The second kappa shape index (κ2) is 5.82. The first-order chi connectivity index (χ1) is 9.56. The van der Waals surface area contributed by atoms with Gasteiger partial charge in [-0.2, -0.15) is 0 Å². The summed E-state index contributed by atoms with van der Waals surface area (Å²) >= 11 is 11.1. The number of ether oxygens (including phenoxy) is 1. The van der Waals surface area contributed by atoms with Gasteiger partial charge in [-0.25, -0.2) is 0 Å². The zero-order valence-corrected chi connectivity index (χ0v) is 15.7. The highest BCUT2D eigenvalue weighted by Crippen LogP contribution is 2.39. The van der Waals surface area contributed by atoms with Crippen LogP contribution in [0.1, 0.15) is 27.1 Å². The van der Waals surface area contributed by atoms with E-state index in [1.165, 1.54) is 22.3 Å². The summed E-state index contributed by atoms with van der Waals surface area (Å²) in [6.45, 7) is 2.89. The number of hydrogen-bond donors (Lipinski definition) is 0. The third-order valence-electron chi connectivity index (χ3n) is 3.56. The molecule has 0 aromatic heterocycles. The van der Waals surface area contributed by atoms with Crippen LogP contribution in [0.2, 0.25) is 0 Å². The van der Waals surface area contributed by atoms with Crippen molar-refractivity contribution >= 4 is 47.8 Å². The normalized spacial score (nSPS) is 14.8. The van der Waals surface area contributed by atoms with Gasteiger partial charge < -0.3 is 4.74 Å². The molecule has 1 aliphatic heterocycles. The molecule has 0 saturated carbocycles. The lowest BCUT2D eigenvalue weighted by Gasteiger charge is -2.15. The summed E-state index contributed by atoms with van der Waals surface area (Å²) in [5.41, 5.74) is 5.00. The Labute approximate surface area is 144 Å². The minimum absolute atomic E-state index is 0.166. The first kappa shape index (κ1) is 14.6. The minimum Gasteiger partial charge on any atom is -0.493 e. The molecule has 1 nitrogen and oxygen atoms in total. The molecule has 0 fully saturated rings. The molecule has 0 saturated heterocycles. The van der Waals surface area contributed by atoms with Crippen molar-refractivity contribution in [3.8, 4) is 5.75 Å². The van der Waals surface area contributed by atoms with Crippen LogP contribution in [0.25, 0.3) is 0 Å². The summed E-state index contributed by atoms with van der Waals surface area (Å²) in [6.07, 6.45) is 1.00. The number of hydrogen-bond acceptors (Lipinski definition) is 1. The Hall–Kier alpha value is -0.320. The van der Waals surface area contributed by atoms with Gasteiger partial charge in [0.1, 0.15) is 5.75 Å². The van der Waals surface area contributed by atoms with Gasteiger partial charge in [0.15, 0.2) is 0 Å². The van der Waals surface area contributed by atoms with Gasteiger partial charge in [0.2, 0.25) is 0 Å². The Morgan fingerprint density at radius 2 is 1.90 bits per heavy atom. The van der Waals surface area contributed by atoms with Crippen LogP contribution < -0.4 is 4.74 Å². The molecule has 0 bridgehead atoms. The molecule has 0 spiro atoms. The van der Waals surface area contributed by atoms with Crippen LogP contribution in [-0.2, 0) is 6.42 Å². The minimum atomic E-state index is 0.166. The van der Waals surface area contributed by atoms with Crippen LogP contribution in [0, 0.1) is 6.92 Å². The topological polar surface area (TPSA) is 9.23 Å². The lowest BCUT2D eigenvalue weighted by molar-refractivity contribution is 0.357. The van der Waals surface area contributed by atoms with Gasteiger partial charge in [-0.05, 0) is 47.4 Å². The third kappa shape index (κ3) is 2.70. The van der Waals surface area contributed by atoms with Gasteiger partial charge >= 0.3 is 0 Å². The summed E-state index contributed by atoms with van der Waals surface area (Å²) in [6, 6.07) is 10.8. The Bertz CT molecular complexity index is 667. The molecule has 0 amide bonds. The monoisotopic (exact) mass is 458 g/mol. The zero-order chi connectivity index (χ0) is 14.3. The van der Waals surface area contributed by atoms with Gasteiger partial charge in [-0.3, -0.25) is 0 Å². The first-order valence-electron chi connectivity index (χ1n) is 6.41. The lowest BCUT2D eigenvalue weighted by Crippen LogP contribution is -1.96. The molecule has 1 atom stereocenters. The molecule has 2 aromatic rings.